The van der Waals surface area contributed by atoms with Crippen molar-refractivity contribution in [2.75, 3.05) is 5.73 Å². The highest BCUT2D eigenvalue weighted by atomic mass is 16.1. The summed E-state index contributed by atoms with van der Waals surface area (Å²) in [6.45, 7) is 2.08. The van der Waals surface area contributed by atoms with Crippen molar-refractivity contribution in [3.63, 3.8) is 0 Å². The van der Waals surface area contributed by atoms with Crippen molar-refractivity contribution in [2.45, 2.75) is 19.8 Å². The van der Waals surface area contributed by atoms with Crippen molar-refractivity contribution >= 4 is 12.1 Å². The first-order chi connectivity index (χ1) is 8.70. The maximum absolute atomic E-state index is 10.6. The first-order valence-corrected chi connectivity index (χ1v) is 5.82. The van der Waals surface area contributed by atoms with E-state index in [9.17, 15) is 4.79 Å². The predicted molar refractivity (Wildman–Crippen MR) is 70.4 cm³/mol. The van der Waals surface area contributed by atoms with Crippen LogP contribution in [0.3, 0.4) is 0 Å². The standard InChI is InChI=1S/C14H15N3O/c1-10-4-2-3-5-11(10)6-7-13-16-8-12(9-18)14(15)17-13/h2-5,8-9H,6-7H2,1H3,(H2,15,16,17). The number of rotatable bonds is 4. The normalized spacial score (nSPS) is 10.3. The van der Waals surface area contributed by atoms with Crippen LogP contribution in [0.1, 0.15) is 27.3 Å². The topological polar surface area (TPSA) is 68.9 Å². The summed E-state index contributed by atoms with van der Waals surface area (Å²) in [4.78, 5) is 18.9. The molecular formula is C14H15N3O. The molecule has 4 nitrogen and oxygen atoms in total. The predicted octanol–water partition coefficient (Wildman–Crippen LogP) is 1.96. The second-order valence-corrected chi connectivity index (χ2v) is 4.17. The highest BCUT2D eigenvalue weighted by Gasteiger charge is 2.04. The van der Waals surface area contributed by atoms with Crippen LogP contribution in [-0.4, -0.2) is 16.3 Å². The third kappa shape index (κ3) is 2.71. The van der Waals surface area contributed by atoms with E-state index in [1.165, 1.54) is 17.3 Å². The Morgan fingerprint density at radius 1 is 1.28 bits per heavy atom. The average Bonchev–Trinajstić information content (AvgIpc) is 2.38. The van der Waals surface area contributed by atoms with Crippen LogP contribution < -0.4 is 5.73 Å². The van der Waals surface area contributed by atoms with E-state index < -0.39 is 0 Å². The molecule has 0 bridgehead atoms. The number of aldehydes is 1. The molecule has 0 atom stereocenters. The average molecular weight is 241 g/mol. The Labute approximate surface area is 106 Å². The first-order valence-electron chi connectivity index (χ1n) is 5.82. The van der Waals surface area contributed by atoms with Gasteiger partial charge in [0.25, 0.3) is 0 Å². The van der Waals surface area contributed by atoms with Gasteiger partial charge in [0.1, 0.15) is 11.6 Å². The maximum atomic E-state index is 10.6. The number of carbonyl (C=O) groups excluding carboxylic acids is 1. The number of hydrogen-bond acceptors (Lipinski definition) is 4. The van der Waals surface area contributed by atoms with Gasteiger partial charge in [0.2, 0.25) is 0 Å². The number of carbonyl (C=O) groups is 1. The molecular weight excluding hydrogens is 226 g/mol. The van der Waals surface area contributed by atoms with Gasteiger partial charge in [0.15, 0.2) is 6.29 Å². The molecule has 92 valence electrons. The molecule has 0 saturated carbocycles. The SMILES string of the molecule is Cc1ccccc1CCc1ncc(C=O)c(N)n1. The van der Waals surface area contributed by atoms with Crippen LogP contribution in [0.5, 0.6) is 0 Å². The molecule has 0 aliphatic rings. The van der Waals surface area contributed by atoms with Crippen LogP contribution in [0.25, 0.3) is 0 Å². The molecule has 0 fully saturated rings. The third-order valence-corrected chi connectivity index (χ3v) is 2.90. The van der Waals surface area contributed by atoms with Crippen LogP contribution in [0.4, 0.5) is 5.82 Å². The molecule has 0 spiro atoms. The van der Waals surface area contributed by atoms with Gasteiger partial charge in [0, 0.05) is 12.6 Å². The number of nitrogens with zero attached hydrogens (tertiary/aromatic N) is 2. The summed E-state index contributed by atoms with van der Waals surface area (Å²) in [5.41, 5.74) is 8.53. The Morgan fingerprint density at radius 3 is 2.72 bits per heavy atom. The van der Waals surface area contributed by atoms with Gasteiger partial charge in [-0.3, -0.25) is 4.79 Å². The molecule has 18 heavy (non-hydrogen) atoms. The third-order valence-electron chi connectivity index (χ3n) is 2.90. The highest BCUT2D eigenvalue weighted by molar-refractivity contribution is 5.80. The van der Waals surface area contributed by atoms with E-state index in [0.717, 1.165) is 6.42 Å². The van der Waals surface area contributed by atoms with E-state index in [1.807, 2.05) is 12.1 Å². The van der Waals surface area contributed by atoms with E-state index in [0.29, 0.717) is 24.1 Å². The lowest BCUT2D eigenvalue weighted by molar-refractivity contribution is 0.112. The molecule has 4 heteroatoms. The van der Waals surface area contributed by atoms with E-state index in [4.69, 9.17) is 5.73 Å². The molecule has 0 unspecified atom stereocenters. The zero-order chi connectivity index (χ0) is 13.0. The number of aryl methyl sites for hydroxylation is 3. The van der Waals surface area contributed by atoms with Gasteiger partial charge in [-0.15, -0.1) is 0 Å². The number of hydrogen-bond donors (Lipinski definition) is 1. The molecule has 0 saturated heterocycles. The second kappa shape index (κ2) is 5.40. The molecule has 2 N–H and O–H groups in total. The fraction of sp³-hybridized carbons (Fsp3) is 0.214. The van der Waals surface area contributed by atoms with Gasteiger partial charge in [-0.1, -0.05) is 24.3 Å². The Hall–Kier alpha value is -2.23. The minimum absolute atomic E-state index is 0.250. The zero-order valence-corrected chi connectivity index (χ0v) is 10.3. The second-order valence-electron chi connectivity index (χ2n) is 4.17. The lowest BCUT2D eigenvalue weighted by atomic mass is 10.0. The molecule has 0 amide bonds. The molecule has 2 rings (SSSR count). The van der Waals surface area contributed by atoms with E-state index in [2.05, 4.69) is 29.0 Å². The van der Waals surface area contributed by atoms with Gasteiger partial charge >= 0.3 is 0 Å². The van der Waals surface area contributed by atoms with Crippen LogP contribution in [-0.2, 0) is 12.8 Å². The Bertz CT molecular complexity index is 567. The van der Waals surface area contributed by atoms with Gasteiger partial charge in [-0.05, 0) is 24.5 Å². The first kappa shape index (κ1) is 12.2. The summed E-state index contributed by atoms with van der Waals surface area (Å²) in [6, 6.07) is 8.22. The summed E-state index contributed by atoms with van der Waals surface area (Å²) in [5, 5.41) is 0. The Kier molecular flexibility index (Phi) is 3.67. The van der Waals surface area contributed by atoms with Crippen LogP contribution in [0.15, 0.2) is 30.5 Å². The van der Waals surface area contributed by atoms with Gasteiger partial charge in [-0.2, -0.15) is 0 Å². The van der Waals surface area contributed by atoms with Gasteiger partial charge < -0.3 is 5.73 Å². The van der Waals surface area contributed by atoms with Crippen molar-refractivity contribution in [3.8, 4) is 0 Å². The number of benzene rings is 1. The molecule has 0 aliphatic heterocycles. The van der Waals surface area contributed by atoms with Crippen LogP contribution >= 0.6 is 0 Å². The fourth-order valence-electron chi connectivity index (χ4n) is 1.79. The van der Waals surface area contributed by atoms with Crippen molar-refractivity contribution < 1.29 is 4.79 Å². The zero-order valence-electron chi connectivity index (χ0n) is 10.3. The molecule has 0 aliphatic carbocycles. The Balaban J connectivity index is 2.09. The number of aromatic nitrogens is 2. The molecule has 1 aromatic heterocycles. The van der Waals surface area contributed by atoms with Crippen molar-refractivity contribution in [2.24, 2.45) is 0 Å². The van der Waals surface area contributed by atoms with E-state index in [1.54, 1.807) is 0 Å². The highest BCUT2D eigenvalue weighted by Crippen LogP contribution is 2.11. The van der Waals surface area contributed by atoms with Crippen molar-refractivity contribution in [1.29, 1.82) is 0 Å². The van der Waals surface area contributed by atoms with Crippen LogP contribution in [0.2, 0.25) is 0 Å². The van der Waals surface area contributed by atoms with Crippen LogP contribution in [0, 0.1) is 6.92 Å². The molecule has 2 aromatic rings. The monoisotopic (exact) mass is 241 g/mol. The fourth-order valence-corrected chi connectivity index (χ4v) is 1.79. The van der Waals surface area contributed by atoms with E-state index >= 15 is 0 Å². The largest absolute Gasteiger partial charge is 0.383 e. The van der Waals surface area contributed by atoms with Crippen molar-refractivity contribution in [3.05, 3.63) is 53.0 Å². The number of nitrogens with two attached hydrogens (primary N) is 1. The van der Waals surface area contributed by atoms with Crippen molar-refractivity contribution in [1.82, 2.24) is 9.97 Å². The maximum Gasteiger partial charge on any atom is 0.155 e. The summed E-state index contributed by atoms with van der Waals surface area (Å²) in [6.07, 6.45) is 3.73. The molecule has 0 radical (unpaired) electrons. The van der Waals surface area contributed by atoms with Gasteiger partial charge in [-0.25, -0.2) is 9.97 Å². The lowest BCUT2D eigenvalue weighted by Crippen LogP contribution is -2.05. The summed E-state index contributed by atoms with van der Waals surface area (Å²) in [5.74, 6) is 0.918. The summed E-state index contributed by atoms with van der Waals surface area (Å²) >= 11 is 0. The smallest absolute Gasteiger partial charge is 0.155 e. The quantitative estimate of drug-likeness (QED) is 0.831. The van der Waals surface area contributed by atoms with E-state index in [-0.39, 0.29) is 5.82 Å². The Morgan fingerprint density at radius 2 is 2.06 bits per heavy atom. The minimum atomic E-state index is 0.250. The summed E-state index contributed by atoms with van der Waals surface area (Å²) in [7, 11) is 0. The number of anilines is 1. The number of nitrogen functional groups attached to an aromatic ring is 1. The van der Waals surface area contributed by atoms with Gasteiger partial charge in [0.05, 0.1) is 5.56 Å². The lowest BCUT2D eigenvalue weighted by Gasteiger charge is -2.05. The minimum Gasteiger partial charge on any atom is -0.383 e. The summed E-state index contributed by atoms with van der Waals surface area (Å²) < 4.78 is 0. The molecule has 1 aromatic carbocycles. The molecule has 1 heterocycles.